The monoisotopic (exact) mass is 1120 g/mol. The zero-order valence-electron chi connectivity index (χ0n) is 53.3. The fourth-order valence-corrected chi connectivity index (χ4v) is 9.59. The number of hydrogen-bond acceptors (Lipinski definition) is 6. The van der Waals surface area contributed by atoms with Gasteiger partial charge in [0, 0.05) is 19.3 Å². The number of esters is 3. The molecule has 0 saturated carbocycles. The minimum atomic E-state index is -0.791. The number of ether oxygens (including phenoxy) is 3. The van der Waals surface area contributed by atoms with Crippen molar-refractivity contribution in [1.29, 1.82) is 0 Å². The molecule has 0 aliphatic heterocycles. The summed E-state index contributed by atoms with van der Waals surface area (Å²) < 4.78 is 17.0. The Balaban J connectivity index is 4.37. The third-order valence-corrected chi connectivity index (χ3v) is 14.7. The summed E-state index contributed by atoms with van der Waals surface area (Å²) in [5.74, 6) is -0.893. The van der Waals surface area contributed by atoms with Gasteiger partial charge in [0.25, 0.3) is 0 Å². The van der Waals surface area contributed by atoms with Crippen LogP contribution < -0.4 is 0 Å². The van der Waals surface area contributed by atoms with E-state index in [1.807, 2.05) is 0 Å². The topological polar surface area (TPSA) is 78.9 Å². The van der Waals surface area contributed by atoms with Crippen molar-refractivity contribution in [1.82, 2.24) is 0 Å². The van der Waals surface area contributed by atoms with Crippen molar-refractivity contribution < 1.29 is 28.6 Å². The van der Waals surface area contributed by atoms with Gasteiger partial charge >= 0.3 is 17.9 Å². The lowest BCUT2D eigenvalue weighted by Crippen LogP contribution is -2.30. The summed E-state index contributed by atoms with van der Waals surface area (Å²) in [7, 11) is 0. The molecule has 1 atom stereocenters. The van der Waals surface area contributed by atoms with Crippen molar-refractivity contribution in [3.63, 3.8) is 0 Å². The molecule has 0 N–H and O–H groups in total. The summed E-state index contributed by atoms with van der Waals surface area (Å²) in [6.45, 7) is 6.51. The second-order valence-corrected chi connectivity index (χ2v) is 22.7. The molecule has 0 aromatic rings. The number of rotatable bonds is 62. The molecule has 0 saturated heterocycles. The Morgan fingerprint density at radius 3 is 0.790 bits per heavy atom. The van der Waals surface area contributed by atoms with Gasteiger partial charge in [-0.1, -0.05) is 291 Å². The molecule has 0 amide bonds. The molecule has 0 aliphatic rings. The van der Waals surface area contributed by atoms with Gasteiger partial charge in [-0.2, -0.15) is 0 Å². The van der Waals surface area contributed by atoms with Gasteiger partial charge in [0.1, 0.15) is 13.2 Å². The van der Waals surface area contributed by atoms with E-state index >= 15 is 0 Å². The first-order valence-corrected chi connectivity index (χ1v) is 34.4. The lowest BCUT2D eigenvalue weighted by molar-refractivity contribution is -0.167. The fraction of sp³-hybridized carbons (Fsp3) is 0.720. The predicted molar refractivity (Wildman–Crippen MR) is 353 cm³/mol. The van der Waals surface area contributed by atoms with Crippen molar-refractivity contribution >= 4 is 17.9 Å². The van der Waals surface area contributed by atoms with Crippen LogP contribution in [0.1, 0.15) is 329 Å². The molecule has 0 heterocycles. The van der Waals surface area contributed by atoms with Crippen molar-refractivity contribution in [2.75, 3.05) is 13.2 Å². The van der Waals surface area contributed by atoms with Gasteiger partial charge in [-0.15, -0.1) is 0 Å². The van der Waals surface area contributed by atoms with Crippen molar-refractivity contribution in [3.8, 4) is 0 Å². The molecule has 6 nitrogen and oxygen atoms in total. The van der Waals surface area contributed by atoms with Gasteiger partial charge in [-0.3, -0.25) is 14.4 Å². The Hall–Kier alpha value is -3.93. The van der Waals surface area contributed by atoms with E-state index in [-0.39, 0.29) is 31.1 Å². The molecular formula is C75H128O6. The second kappa shape index (κ2) is 68.6. The summed E-state index contributed by atoms with van der Waals surface area (Å²) in [5.41, 5.74) is 0. The molecule has 0 aliphatic carbocycles. The molecule has 0 radical (unpaired) electrons. The minimum absolute atomic E-state index is 0.0857. The molecule has 0 bridgehead atoms. The van der Waals surface area contributed by atoms with Crippen LogP contribution in [-0.2, 0) is 28.6 Å². The van der Waals surface area contributed by atoms with Crippen LogP contribution in [0.5, 0.6) is 0 Å². The van der Waals surface area contributed by atoms with Gasteiger partial charge in [0.05, 0.1) is 0 Å². The van der Waals surface area contributed by atoms with E-state index in [0.29, 0.717) is 19.3 Å². The third kappa shape index (κ3) is 66.8. The smallest absolute Gasteiger partial charge is 0.306 e. The van der Waals surface area contributed by atoms with E-state index in [4.69, 9.17) is 14.2 Å². The largest absolute Gasteiger partial charge is 0.462 e. The third-order valence-electron chi connectivity index (χ3n) is 14.7. The normalized spacial score (nSPS) is 12.8. The van der Waals surface area contributed by atoms with Gasteiger partial charge in [0.15, 0.2) is 6.10 Å². The predicted octanol–water partition coefficient (Wildman–Crippen LogP) is 23.8. The average Bonchev–Trinajstić information content (AvgIpc) is 3.47. The van der Waals surface area contributed by atoms with Gasteiger partial charge in [-0.05, 0) is 128 Å². The van der Waals surface area contributed by atoms with Crippen molar-refractivity contribution in [3.05, 3.63) is 109 Å². The highest BCUT2D eigenvalue weighted by Crippen LogP contribution is 2.16. The van der Waals surface area contributed by atoms with E-state index in [1.165, 1.54) is 173 Å². The van der Waals surface area contributed by atoms with Gasteiger partial charge in [-0.25, -0.2) is 0 Å². The summed E-state index contributed by atoms with van der Waals surface area (Å²) in [6.07, 6.45) is 93.8. The molecule has 1 unspecified atom stereocenters. The molecule has 81 heavy (non-hydrogen) atoms. The Labute approximate surface area is 501 Å². The molecule has 0 rings (SSSR count). The summed E-state index contributed by atoms with van der Waals surface area (Å²) in [6, 6.07) is 0. The fourth-order valence-electron chi connectivity index (χ4n) is 9.59. The number of carbonyl (C=O) groups excluding carboxylic acids is 3. The SMILES string of the molecule is CC/C=C\C/C=C\C/C=C\C/C=C\C/C=C\CCCCCCCCCCCCCC(=O)OCC(COC(=O)CCCCCCCCC/C=C\CCCCCCCC)OC(=O)CCCCCCCC/C=C\C/C=C\C/C=C\CCCCC. The Morgan fingerprint density at radius 2 is 0.481 bits per heavy atom. The lowest BCUT2D eigenvalue weighted by Gasteiger charge is -2.18. The Kier molecular flexibility index (Phi) is 65.2. The summed E-state index contributed by atoms with van der Waals surface area (Å²) >= 11 is 0. The number of carbonyl (C=O) groups is 3. The van der Waals surface area contributed by atoms with Crippen LogP contribution in [0.15, 0.2) is 109 Å². The number of hydrogen-bond donors (Lipinski definition) is 0. The Morgan fingerprint density at radius 1 is 0.259 bits per heavy atom. The average molecular weight is 1130 g/mol. The molecule has 0 aromatic carbocycles. The zero-order chi connectivity index (χ0) is 58.5. The highest BCUT2D eigenvalue weighted by molar-refractivity contribution is 5.71. The lowest BCUT2D eigenvalue weighted by atomic mass is 10.0. The molecular weight excluding hydrogens is 997 g/mol. The first kappa shape index (κ1) is 77.1. The van der Waals surface area contributed by atoms with E-state index < -0.39 is 6.10 Å². The highest BCUT2D eigenvalue weighted by Gasteiger charge is 2.19. The Bertz CT molecular complexity index is 1620. The van der Waals surface area contributed by atoms with Crippen LogP contribution in [-0.4, -0.2) is 37.2 Å². The maximum Gasteiger partial charge on any atom is 0.306 e. The first-order valence-electron chi connectivity index (χ1n) is 34.4. The van der Waals surface area contributed by atoms with Gasteiger partial charge < -0.3 is 14.2 Å². The molecule has 0 spiro atoms. The van der Waals surface area contributed by atoms with E-state index in [0.717, 1.165) is 116 Å². The highest BCUT2D eigenvalue weighted by atomic mass is 16.6. The summed E-state index contributed by atoms with van der Waals surface area (Å²) in [4.78, 5) is 38.4. The van der Waals surface area contributed by atoms with Gasteiger partial charge in [0.2, 0.25) is 0 Å². The van der Waals surface area contributed by atoms with Crippen molar-refractivity contribution in [2.45, 2.75) is 335 Å². The minimum Gasteiger partial charge on any atom is -0.462 e. The van der Waals surface area contributed by atoms with Crippen LogP contribution in [0.25, 0.3) is 0 Å². The zero-order valence-corrected chi connectivity index (χ0v) is 53.3. The van der Waals surface area contributed by atoms with Crippen LogP contribution in [0, 0.1) is 0 Å². The van der Waals surface area contributed by atoms with E-state index in [9.17, 15) is 14.4 Å². The maximum absolute atomic E-state index is 12.9. The molecule has 0 aromatic heterocycles. The first-order chi connectivity index (χ1) is 40.0. The number of unbranched alkanes of at least 4 members (excludes halogenated alkanes) is 33. The molecule has 0 fully saturated rings. The van der Waals surface area contributed by atoms with Crippen LogP contribution in [0.2, 0.25) is 0 Å². The van der Waals surface area contributed by atoms with Crippen LogP contribution in [0.3, 0.4) is 0 Å². The summed E-state index contributed by atoms with van der Waals surface area (Å²) in [5, 5.41) is 0. The quantitative estimate of drug-likeness (QED) is 0.0261. The number of allylic oxidation sites excluding steroid dienone is 18. The van der Waals surface area contributed by atoms with Crippen LogP contribution >= 0.6 is 0 Å². The maximum atomic E-state index is 12.9. The van der Waals surface area contributed by atoms with Crippen LogP contribution in [0.4, 0.5) is 0 Å². The van der Waals surface area contributed by atoms with E-state index in [1.54, 1.807) is 0 Å². The standard InChI is InChI=1S/C75H128O6/c1-4-7-10-13-16-19-22-25-28-31-33-34-35-36-37-38-39-40-42-44-47-50-53-56-59-62-65-68-74(77)80-71-72(70-79-73(76)67-64-61-58-55-52-49-46-43-30-27-24-21-18-15-12-9-6-3)81-75(78)69-66-63-60-57-54-51-48-45-41-32-29-26-23-20-17-14-11-8-5-2/h7,10,16-17,19-20,25-30,33-34,36-37,41,45,72H,4-6,8-9,11-15,18,21-24,31-32,35,38-40,42-44,46-71H2,1-3H3/b10-7-,19-16-,20-17-,28-25-,29-26-,30-27-,34-33-,37-36-,45-41-. The van der Waals surface area contributed by atoms with Crippen molar-refractivity contribution in [2.24, 2.45) is 0 Å². The van der Waals surface area contributed by atoms with E-state index in [2.05, 4.69) is 130 Å². The second-order valence-electron chi connectivity index (χ2n) is 22.7. The molecule has 6 heteroatoms. The molecule has 464 valence electrons.